The average molecular weight is 338 g/mol. The van der Waals surface area contributed by atoms with Crippen molar-refractivity contribution in [3.05, 3.63) is 45.4 Å². The number of thiazole rings is 1. The molecular weight excluding hydrogens is 322 g/mol. The molecule has 0 radical (unpaired) electrons. The molecule has 116 valence electrons. The van der Waals surface area contributed by atoms with Crippen molar-refractivity contribution < 1.29 is 9.53 Å². The van der Waals surface area contributed by atoms with E-state index in [-0.39, 0.29) is 12.4 Å². The lowest BCUT2D eigenvalue weighted by Gasteiger charge is -1.99. The number of hydrazone groups is 1. The fourth-order valence-electron chi connectivity index (χ4n) is 1.69. The van der Waals surface area contributed by atoms with Crippen molar-refractivity contribution in [3.8, 4) is 0 Å². The number of nitrogens with one attached hydrogen (secondary N) is 1. The quantitative estimate of drug-likeness (QED) is 0.496. The third-order valence-electron chi connectivity index (χ3n) is 2.70. The number of ether oxygens (including phenoxy) is 1. The summed E-state index contributed by atoms with van der Waals surface area (Å²) < 4.78 is 4.88. The van der Waals surface area contributed by atoms with Gasteiger partial charge in [0.15, 0.2) is 0 Å². The largest absolute Gasteiger partial charge is 0.466 e. The molecule has 5 nitrogen and oxygen atoms in total. The third kappa shape index (κ3) is 4.82. The van der Waals surface area contributed by atoms with Gasteiger partial charge in [0, 0.05) is 16.0 Å². The number of aromatic nitrogens is 1. The molecular formula is C15H16ClN3O2S. The Morgan fingerprint density at radius 3 is 3.09 bits per heavy atom. The Bertz CT molecular complexity index is 685. The Labute approximate surface area is 138 Å². The summed E-state index contributed by atoms with van der Waals surface area (Å²) in [6.45, 7) is 4.12. The Kier molecular flexibility index (Phi) is 5.91. The molecule has 1 heterocycles. The highest BCUT2D eigenvalue weighted by Gasteiger charge is 2.07. The number of benzene rings is 1. The maximum Gasteiger partial charge on any atom is 0.311 e. The van der Waals surface area contributed by atoms with Gasteiger partial charge in [-0.25, -0.2) is 4.98 Å². The average Bonchev–Trinajstić information content (AvgIpc) is 2.89. The summed E-state index contributed by atoms with van der Waals surface area (Å²) >= 11 is 7.49. The molecule has 0 aliphatic carbocycles. The topological polar surface area (TPSA) is 63.6 Å². The van der Waals surface area contributed by atoms with Crippen LogP contribution >= 0.6 is 22.9 Å². The molecule has 0 spiro atoms. The Balaban J connectivity index is 1.93. The summed E-state index contributed by atoms with van der Waals surface area (Å²) in [4.78, 5) is 15.6. The van der Waals surface area contributed by atoms with Crippen LogP contribution in [-0.2, 0) is 16.0 Å². The molecule has 1 aromatic heterocycles. The van der Waals surface area contributed by atoms with Crippen molar-refractivity contribution in [1.82, 2.24) is 4.98 Å². The summed E-state index contributed by atoms with van der Waals surface area (Å²) in [5, 5.41) is 7.16. The van der Waals surface area contributed by atoms with Gasteiger partial charge in [-0.1, -0.05) is 23.7 Å². The second kappa shape index (κ2) is 7.91. The normalized spacial score (nSPS) is 10.9. The van der Waals surface area contributed by atoms with Crippen LogP contribution in [0.2, 0.25) is 5.02 Å². The monoisotopic (exact) mass is 337 g/mol. The first-order chi connectivity index (χ1) is 10.6. The van der Waals surface area contributed by atoms with E-state index in [1.807, 2.05) is 25.1 Å². The lowest BCUT2D eigenvalue weighted by Crippen LogP contribution is -2.07. The van der Waals surface area contributed by atoms with Crippen LogP contribution in [0.4, 0.5) is 5.13 Å². The Hall–Kier alpha value is -1.92. The summed E-state index contributed by atoms with van der Waals surface area (Å²) in [7, 11) is 0. The van der Waals surface area contributed by atoms with Crippen LogP contribution < -0.4 is 5.43 Å². The van der Waals surface area contributed by atoms with Crippen molar-refractivity contribution in [3.63, 3.8) is 0 Å². The molecule has 1 aromatic carbocycles. The number of aryl methyl sites for hydroxylation is 1. The number of anilines is 1. The maximum atomic E-state index is 11.4. The molecule has 2 rings (SSSR count). The van der Waals surface area contributed by atoms with E-state index in [0.29, 0.717) is 22.5 Å². The van der Waals surface area contributed by atoms with E-state index in [1.165, 1.54) is 11.3 Å². The van der Waals surface area contributed by atoms with E-state index in [1.54, 1.807) is 18.5 Å². The van der Waals surface area contributed by atoms with E-state index in [0.717, 1.165) is 11.1 Å². The zero-order valence-corrected chi connectivity index (χ0v) is 13.9. The lowest BCUT2D eigenvalue weighted by molar-refractivity contribution is -0.142. The number of esters is 1. The van der Waals surface area contributed by atoms with E-state index in [9.17, 15) is 4.79 Å². The minimum Gasteiger partial charge on any atom is -0.466 e. The predicted octanol–water partition coefficient (Wildman–Crippen LogP) is 3.66. The first-order valence-corrected chi connectivity index (χ1v) is 7.99. The maximum absolute atomic E-state index is 11.4. The van der Waals surface area contributed by atoms with Crippen molar-refractivity contribution in [2.75, 3.05) is 12.0 Å². The van der Waals surface area contributed by atoms with Gasteiger partial charge in [0.1, 0.15) is 0 Å². The van der Waals surface area contributed by atoms with Crippen LogP contribution in [0, 0.1) is 6.92 Å². The van der Waals surface area contributed by atoms with Gasteiger partial charge in [-0.3, -0.25) is 10.2 Å². The molecule has 0 aliphatic rings. The molecule has 1 N–H and O–H groups in total. The zero-order chi connectivity index (χ0) is 15.9. The molecule has 0 aliphatic heterocycles. The molecule has 0 fully saturated rings. The van der Waals surface area contributed by atoms with Crippen LogP contribution in [0.3, 0.4) is 0 Å². The fraction of sp³-hybridized carbons (Fsp3) is 0.267. The van der Waals surface area contributed by atoms with Gasteiger partial charge in [0.25, 0.3) is 0 Å². The third-order valence-corrected chi connectivity index (χ3v) is 3.83. The van der Waals surface area contributed by atoms with E-state index < -0.39 is 0 Å². The van der Waals surface area contributed by atoms with Crippen molar-refractivity contribution in [2.24, 2.45) is 5.10 Å². The number of carbonyl (C=O) groups excluding carboxylic acids is 1. The second-order valence-electron chi connectivity index (χ2n) is 4.52. The molecule has 0 atom stereocenters. The van der Waals surface area contributed by atoms with Gasteiger partial charge >= 0.3 is 5.97 Å². The molecule has 7 heteroatoms. The van der Waals surface area contributed by atoms with Gasteiger partial charge in [0.05, 0.1) is 24.9 Å². The van der Waals surface area contributed by atoms with Gasteiger partial charge < -0.3 is 4.74 Å². The zero-order valence-electron chi connectivity index (χ0n) is 12.3. The Morgan fingerprint density at radius 2 is 2.36 bits per heavy atom. The van der Waals surface area contributed by atoms with Crippen LogP contribution in [0.1, 0.15) is 23.7 Å². The predicted molar refractivity (Wildman–Crippen MR) is 89.9 cm³/mol. The number of hydrogen-bond acceptors (Lipinski definition) is 6. The summed E-state index contributed by atoms with van der Waals surface area (Å²) in [5.41, 5.74) is 5.41. The lowest BCUT2D eigenvalue weighted by atomic mass is 10.2. The second-order valence-corrected chi connectivity index (χ2v) is 5.79. The van der Waals surface area contributed by atoms with Crippen molar-refractivity contribution in [1.29, 1.82) is 0 Å². The summed E-state index contributed by atoms with van der Waals surface area (Å²) in [6, 6.07) is 5.74. The molecule has 0 saturated carbocycles. The van der Waals surface area contributed by atoms with Crippen LogP contribution in [0.5, 0.6) is 0 Å². The number of hydrogen-bond donors (Lipinski definition) is 1. The van der Waals surface area contributed by atoms with Crippen molar-refractivity contribution >= 4 is 40.3 Å². The number of nitrogens with zero attached hydrogens (tertiary/aromatic N) is 2. The van der Waals surface area contributed by atoms with Gasteiger partial charge in [-0.15, -0.1) is 11.3 Å². The van der Waals surface area contributed by atoms with E-state index in [4.69, 9.17) is 16.3 Å². The minimum atomic E-state index is -0.283. The number of rotatable bonds is 6. The standard InChI is InChI=1S/C15H16ClN3O2S/c1-3-21-14(20)7-12-9-22-15(18-12)19-17-8-11-5-4-10(2)6-13(11)16/h4-6,8-9H,3,7H2,1-2H3,(H,18,19). The van der Waals surface area contributed by atoms with E-state index in [2.05, 4.69) is 15.5 Å². The number of halogens is 1. The van der Waals surface area contributed by atoms with E-state index >= 15 is 0 Å². The molecule has 0 bridgehead atoms. The highest BCUT2D eigenvalue weighted by Crippen LogP contribution is 2.17. The summed E-state index contributed by atoms with van der Waals surface area (Å²) in [5.74, 6) is -0.283. The van der Waals surface area contributed by atoms with Crippen LogP contribution in [0.25, 0.3) is 0 Å². The first-order valence-electron chi connectivity index (χ1n) is 6.73. The van der Waals surface area contributed by atoms with Gasteiger partial charge in [-0.05, 0) is 25.5 Å². The van der Waals surface area contributed by atoms with Gasteiger partial charge in [0.2, 0.25) is 5.13 Å². The van der Waals surface area contributed by atoms with Crippen LogP contribution in [0.15, 0.2) is 28.7 Å². The molecule has 0 amide bonds. The molecule has 2 aromatic rings. The van der Waals surface area contributed by atoms with Crippen molar-refractivity contribution in [2.45, 2.75) is 20.3 Å². The fourth-order valence-corrected chi connectivity index (χ4v) is 2.64. The summed E-state index contributed by atoms with van der Waals surface area (Å²) in [6.07, 6.45) is 1.80. The smallest absolute Gasteiger partial charge is 0.311 e. The molecule has 22 heavy (non-hydrogen) atoms. The highest BCUT2D eigenvalue weighted by molar-refractivity contribution is 7.13. The SMILES string of the molecule is CCOC(=O)Cc1csc(NN=Cc2ccc(C)cc2Cl)n1. The molecule has 0 saturated heterocycles. The highest BCUT2D eigenvalue weighted by atomic mass is 35.5. The van der Waals surface area contributed by atoms with Crippen LogP contribution in [-0.4, -0.2) is 23.8 Å². The Morgan fingerprint density at radius 1 is 1.55 bits per heavy atom. The first kappa shape index (κ1) is 16.5. The molecule has 0 unspecified atom stereocenters. The van der Waals surface area contributed by atoms with Gasteiger partial charge in [-0.2, -0.15) is 5.10 Å². The number of carbonyl (C=O) groups is 1. The minimum absolute atomic E-state index is 0.166.